The van der Waals surface area contributed by atoms with Crippen molar-refractivity contribution in [2.24, 2.45) is 0 Å². The van der Waals surface area contributed by atoms with Gasteiger partial charge in [-0.3, -0.25) is 29.1 Å². The lowest BCUT2D eigenvalue weighted by atomic mass is 10.3. The third-order valence-electron chi connectivity index (χ3n) is 5.83. The van der Waals surface area contributed by atoms with Crippen molar-refractivity contribution in [2.45, 2.75) is 66.6 Å². The normalized spacial score (nSPS) is 18.3. The zero-order valence-corrected chi connectivity index (χ0v) is 23.2. The van der Waals surface area contributed by atoms with Crippen LogP contribution in [0.3, 0.4) is 0 Å². The first kappa shape index (κ1) is 31.3. The van der Waals surface area contributed by atoms with Gasteiger partial charge in [0.25, 0.3) is 0 Å². The Hall–Kier alpha value is -1.75. The highest BCUT2D eigenvalue weighted by Gasteiger charge is 2.20. The molecule has 204 valence electrons. The fourth-order valence-electron chi connectivity index (χ4n) is 4.08. The molecule has 3 amide bonds. The standard InChI is InChI=1S/C25H51N7O3/c1-8-29-9-11-30(17-23(33)26-20(2)3)13-15-32(19-25(35)28-22(6)7)16-14-31(12-10-29)18-24(34)27-21(4)5/h20-22H,8-19H2,1-7H3,(H,26,33)(H,27,34)(H,28,35). The van der Waals surface area contributed by atoms with Gasteiger partial charge < -0.3 is 20.9 Å². The summed E-state index contributed by atoms with van der Waals surface area (Å²) in [5.41, 5.74) is 0. The predicted molar refractivity (Wildman–Crippen MR) is 141 cm³/mol. The fourth-order valence-corrected chi connectivity index (χ4v) is 4.08. The molecule has 0 radical (unpaired) electrons. The molecule has 0 saturated carbocycles. The van der Waals surface area contributed by atoms with E-state index in [9.17, 15) is 14.4 Å². The number of nitrogens with one attached hydrogen (secondary N) is 3. The van der Waals surface area contributed by atoms with Gasteiger partial charge in [-0.2, -0.15) is 0 Å². The van der Waals surface area contributed by atoms with Gasteiger partial charge in [0, 0.05) is 70.5 Å². The maximum Gasteiger partial charge on any atom is 0.234 e. The highest BCUT2D eigenvalue weighted by atomic mass is 16.2. The maximum atomic E-state index is 12.5. The van der Waals surface area contributed by atoms with E-state index in [1.54, 1.807) is 0 Å². The summed E-state index contributed by atoms with van der Waals surface area (Å²) in [6, 6.07) is 0.303. The Labute approximate surface area is 213 Å². The number of carbonyl (C=O) groups is 3. The van der Waals surface area contributed by atoms with E-state index in [4.69, 9.17) is 0 Å². The van der Waals surface area contributed by atoms with Crippen molar-refractivity contribution >= 4 is 17.7 Å². The summed E-state index contributed by atoms with van der Waals surface area (Å²) < 4.78 is 0. The van der Waals surface area contributed by atoms with Gasteiger partial charge in [0.05, 0.1) is 19.6 Å². The predicted octanol–water partition coefficient (Wildman–Crippen LogP) is -0.198. The molecule has 35 heavy (non-hydrogen) atoms. The summed E-state index contributed by atoms with van der Waals surface area (Å²) in [5.74, 6) is 0.0561. The van der Waals surface area contributed by atoms with E-state index in [0.29, 0.717) is 45.8 Å². The number of hydrogen-bond donors (Lipinski definition) is 3. The summed E-state index contributed by atoms with van der Waals surface area (Å²) in [5, 5.41) is 8.95. The van der Waals surface area contributed by atoms with Gasteiger partial charge >= 0.3 is 0 Å². The Kier molecular flexibility index (Phi) is 15.0. The molecule has 0 unspecified atom stereocenters. The largest absolute Gasteiger partial charge is 0.353 e. The van der Waals surface area contributed by atoms with E-state index in [1.807, 2.05) is 41.5 Å². The zero-order chi connectivity index (χ0) is 26.4. The number of carbonyl (C=O) groups excluding carboxylic acids is 3. The van der Waals surface area contributed by atoms with Crippen LogP contribution in [0.5, 0.6) is 0 Å². The lowest BCUT2D eigenvalue weighted by Gasteiger charge is -2.33. The van der Waals surface area contributed by atoms with Gasteiger partial charge in [-0.05, 0) is 48.1 Å². The monoisotopic (exact) mass is 497 g/mol. The van der Waals surface area contributed by atoms with E-state index < -0.39 is 0 Å². The molecule has 3 N–H and O–H groups in total. The minimum absolute atomic E-state index is 0.00236. The van der Waals surface area contributed by atoms with E-state index in [1.165, 1.54) is 0 Å². The molecule has 0 aromatic carbocycles. The van der Waals surface area contributed by atoms with Gasteiger partial charge in [0.1, 0.15) is 0 Å². The number of hydrogen-bond acceptors (Lipinski definition) is 7. The zero-order valence-electron chi connectivity index (χ0n) is 23.2. The smallest absolute Gasteiger partial charge is 0.234 e. The second kappa shape index (κ2) is 16.8. The van der Waals surface area contributed by atoms with Gasteiger partial charge in [0.2, 0.25) is 17.7 Å². The Balaban J connectivity index is 2.95. The SMILES string of the molecule is CCN1CCN(CC(=O)NC(C)C)CCN(CC(=O)NC(C)C)CCN(CC(=O)NC(C)C)CC1. The van der Waals surface area contributed by atoms with Crippen LogP contribution in [0.25, 0.3) is 0 Å². The number of nitrogens with zero attached hydrogens (tertiary/aromatic N) is 4. The number of rotatable bonds is 10. The first-order valence-corrected chi connectivity index (χ1v) is 13.3. The minimum atomic E-state index is -0.00236. The average molecular weight is 498 g/mol. The van der Waals surface area contributed by atoms with Crippen LogP contribution in [0, 0.1) is 0 Å². The van der Waals surface area contributed by atoms with Crippen LogP contribution in [0.4, 0.5) is 0 Å². The van der Waals surface area contributed by atoms with Gasteiger partial charge in [-0.1, -0.05) is 6.92 Å². The van der Waals surface area contributed by atoms with Crippen molar-refractivity contribution < 1.29 is 14.4 Å². The molecule has 1 rings (SSSR count). The summed E-state index contributed by atoms with van der Waals surface area (Å²) >= 11 is 0. The first-order chi connectivity index (χ1) is 16.5. The van der Waals surface area contributed by atoms with E-state index >= 15 is 0 Å². The molecular weight excluding hydrogens is 446 g/mol. The summed E-state index contributed by atoms with van der Waals surface area (Å²) in [6.45, 7) is 21.9. The van der Waals surface area contributed by atoms with E-state index in [-0.39, 0.29) is 35.8 Å². The van der Waals surface area contributed by atoms with Gasteiger partial charge in [-0.25, -0.2) is 0 Å². The topological polar surface area (TPSA) is 100 Å². The molecule has 0 aromatic rings. The van der Waals surface area contributed by atoms with Crippen molar-refractivity contribution in [3.8, 4) is 0 Å². The molecule has 0 atom stereocenters. The molecule has 0 aliphatic carbocycles. The summed E-state index contributed by atoms with van der Waals surface area (Å²) in [7, 11) is 0. The molecule has 10 nitrogen and oxygen atoms in total. The number of likely N-dealkylation sites (N-methyl/N-ethyl adjacent to an activating group) is 1. The molecular formula is C25H51N7O3. The Morgan fingerprint density at radius 2 is 0.743 bits per heavy atom. The van der Waals surface area contributed by atoms with Crippen LogP contribution in [-0.2, 0) is 14.4 Å². The Bertz CT molecular complexity index is 603. The van der Waals surface area contributed by atoms with Crippen molar-refractivity contribution in [2.75, 3.05) is 78.5 Å². The molecule has 0 spiro atoms. The van der Waals surface area contributed by atoms with Gasteiger partial charge in [-0.15, -0.1) is 0 Å². The lowest BCUT2D eigenvalue weighted by molar-refractivity contribution is -0.124. The number of amides is 3. The molecule has 0 aromatic heterocycles. The second-order valence-corrected chi connectivity index (χ2v) is 10.4. The fraction of sp³-hybridized carbons (Fsp3) is 0.880. The first-order valence-electron chi connectivity index (χ1n) is 13.3. The van der Waals surface area contributed by atoms with Crippen LogP contribution in [0.15, 0.2) is 0 Å². The maximum absolute atomic E-state index is 12.5. The van der Waals surface area contributed by atoms with E-state index in [0.717, 1.165) is 32.7 Å². The molecule has 1 fully saturated rings. The molecule has 1 heterocycles. The molecule has 0 bridgehead atoms. The minimum Gasteiger partial charge on any atom is -0.353 e. The van der Waals surface area contributed by atoms with Gasteiger partial charge in [0.15, 0.2) is 0 Å². The second-order valence-electron chi connectivity index (χ2n) is 10.4. The van der Waals surface area contributed by atoms with Crippen molar-refractivity contribution in [3.05, 3.63) is 0 Å². The van der Waals surface area contributed by atoms with Crippen molar-refractivity contribution in [1.29, 1.82) is 0 Å². The van der Waals surface area contributed by atoms with Crippen LogP contribution in [0.2, 0.25) is 0 Å². The van der Waals surface area contributed by atoms with Crippen molar-refractivity contribution in [3.63, 3.8) is 0 Å². The Morgan fingerprint density at radius 1 is 0.514 bits per heavy atom. The highest BCUT2D eigenvalue weighted by molar-refractivity contribution is 5.79. The Morgan fingerprint density at radius 3 is 0.943 bits per heavy atom. The third kappa shape index (κ3) is 15.1. The third-order valence-corrected chi connectivity index (χ3v) is 5.83. The highest BCUT2D eigenvalue weighted by Crippen LogP contribution is 2.02. The van der Waals surface area contributed by atoms with Crippen LogP contribution < -0.4 is 16.0 Å². The summed E-state index contributed by atoms with van der Waals surface area (Å²) in [6.07, 6.45) is 0. The summed E-state index contributed by atoms with van der Waals surface area (Å²) in [4.78, 5) is 46.3. The molecule has 1 aliphatic rings. The molecule has 1 aliphatic heterocycles. The van der Waals surface area contributed by atoms with Crippen molar-refractivity contribution in [1.82, 2.24) is 35.6 Å². The molecule has 10 heteroatoms. The van der Waals surface area contributed by atoms with Crippen LogP contribution >= 0.6 is 0 Å². The molecule has 1 saturated heterocycles. The average Bonchev–Trinajstić information content (AvgIpc) is 2.71. The lowest BCUT2D eigenvalue weighted by Crippen LogP contribution is -2.51. The van der Waals surface area contributed by atoms with E-state index in [2.05, 4.69) is 42.5 Å². The van der Waals surface area contributed by atoms with Crippen LogP contribution in [-0.4, -0.2) is 134 Å². The quantitative estimate of drug-likeness (QED) is 0.384. The van der Waals surface area contributed by atoms with Crippen LogP contribution in [0.1, 0.15) is 48.5 Å².